The Morgan fingerprint density at radius 2 is 1.67 bits per heavy atom. The number of rotatable bonds is 4. The van der Waals surface area contributed by atoms with Gasteiger partial charge >= 0.3 is 0 Å². The van der Waals surface area contributed by atoms with E-state index in [9.17, 15) is 4.39 Å². The van der Waals surface area contributed by atoms with E-state index in [1.165, 1.54) is 12.1 Å². The van der Waals surface area contributed by atoms with Gasteiger partial charge in [0, 0.05) is 29.5 Å². The highest BCUT2D eigenvalue weighted by atomic mass is 32.1. The van der Waals surface area contributed by atoms with Crippen LogP contribution in [0, 0.1) is 5.82 Å². The minimum atomic E-state index is -0.270. The van der Waals surface area contributed by atoms with Gasteiger partial charge in [0.15, 0.2) is 5.11 Å². The molecule has 0 spiro atoms. The second kappa shape index (κ2) is 7.72. The van der Waals surface area contributed by atoms with E-state index in [-0.39, 0.29) is 17.9 Å². The predicted molar refractivity (Wildman–Crippen MR) is 120 cm³/mol. The normalized spacial score (nSPS) is 18.4. The van der Waals surface area contributed by atoms with Crippen molar-refractivity contribution < 1.29 is 4.39 Å². The first kappa shape index (κ1) is 18.5. The lowest BCUT2D eigenvalue weighted by Crippen LogP contribution is -2.30. The van der Waals surface area contributed by atoms with Crippen molar-refractivity contribution in [3.63, 3.8) is 0 Å². The Hall–Kier alpha value is -3.51. The highest BCUT2D eigenvalue weighted by molar-refractivity contribution is 7.80. The first-order chi connectivity index (χ1) is 14.7. The van der Waals surface area contributed by atoms with Gasteiger partial charge in [0.1, 0.15) is 11.9 Å². The molecule has 1 saturated heterocycles. The van der Waals surface area contributed by atoms with Crippen LogP contribution in [0.5, 0.6) is 0 Å². The topological polar surface area (TPSA) is 33.1 Å². The maximum absolute atomic E-state index is 13.9. The molecular weight excluding hydrogens is 395 g/mol. The SMILES string of the molecule is Fc1cccc(-n2cccc2[C@H]2[C@@H](c3ccccn3)NC(=S)N2c2ccccc2)c1. The van der Waals surface area contributed by atoms with Crippen molar-refractivity contribution in [1.82, 2.24) is 14.9 Å². The Morgan fingerprint density at radius 1 is 0.867 bits per heavy atom. The molecule has 0 radical (unpaired) electrons. The lowest BCUT2D eigenvalue weighted by molar-refractivity contribution is 0.549. The first-order valence-corrected chi connectivity index (χ1v) is 10.1. The van der Waals surface area contributed by atoms with Crippen molar-refractivity contribution in [3.8, 4) is 5.69 Å². The number of aromatic nitrogens is 2. The Bertz CT molecular complexity index is 1180. The zero-order valence-corrected chi connectivity index (χ0v) is 16.8. The van der Waals surface area contributed by atoms with Crippen LogP contribution in [0.15, 0.2) is 97.3 Å². The van der Waals surface area contributed by atoms with Crippen molar-refractivity contribution in [1.29, 1.82) is 0 Å². The summed E-state index contributed by atoms with van der Waals surface area (Å²) in [5.74, 6) is -0.270. The zero-order valence-electron chi connectivity index (χ0n) is 16.0. The molecule has 1 aliphatic heterocycles. The molecule has 148 valence electrons. The predicted octanol–water partition coefficient (Wildman–Crippen LogP) is 5.19. The van der Waals surface area contributed by atoms with Crippen molar-refractivity contribution in [2.24, 2.45) is 0 Å². The van der Waals surface area contributed by atoms with Crippen molar-refractivity contribution in [2.75, 3.05) is 4.90 Å². The number of nitrogens with zero attached hydrogens (tertiary/aromatic N) is 3. The molecule has 1 N–H and O–H groups in total. The number of hydrogen-bond acceptors (Lipinski definition) is 2. The number of para-hydroxylation sites is 1. The summed E-state index contributed by atoms with van der Waals surface area (Å²) in [6, 6.07) is 26.2. The summed E-state index contributed by atoms with van der Waals surface area (Å²) in [6.07, 6.45) is 3.73. The van der Waals surface area contributed by atoms with E-state index in [0.717, 1.165) is 22.8 Å². The van der Waals surface area contributed by atoms with E-state index in [0.29, 0.717) is 5.11 Å². The molecule has 0 aliphatic carbocycles. The molecular formula is C24H19FN4S. The fraction of sp³-hybridized carbons (Fsp3) is 0.0833. The molecule has 4 nitrogen and oxygen atoms in total. The molecule has 1 aliphatic rings. The zero-order chi connectivity index (χ0) is 20.5. The van der Waals surface area contributed by atoms with E-state index in [1.54, 1.807) is 12.3 Å². The van der Waals surface area contributed by atoms with E-state index in [4.69, 9.17) is 12.2 Å². The summed E-state index contributed by atoms with van der Waals surface area (Å²) in [5.41, 5.74) is 3.65. The molecule has 0 saturated carbocycles. The monoisotopic (exact) mass is 414 g/mol. The molecule has 1 fully saturated rings. The number of nitrogens with one attached hydrogen (secondary N) is 1. The largest absolute Gasteiger partial charge is 0.351 e. The summed E-state index contributed by atoms with van der Waals surface area (Å²) in [7, 11) is 0. The van der Waals surface area contributed by atoms with Gasteiger partial charge in [-0.1, -0.05) is 30.3 Å². The molecule has 0 bridgehead atoms. The lowest BCUT2D eigenvalue weighted by Gasteiger charge is -2.29. The van der Waals surface area contributed by atoms with Crippen LogP contribution >= 0.6 is 12.2 Å². The van der Waals surface area contributed by atoms with Crippen LogP contribution in [0.1, 0.15) is 23.5 Å². The maximum atomic E-state index is 13.9. The van der Waals surface area contributed by atoms with E-state index in [1.807, 2.05) is 71.4 Å². The van der Waals surface area contributed by atoms with Crippen LogP contribution in [0.4, 0.5) is 10.1 Å². The Morgan fingerprint density at radius 3 is 2.43 bits per heavy atom. The number of benzene rings is 2. The molecule has 3 heterocycles. The number of thiocarbonyl (C=S) groups is 1. The molecule has 0 unspecified atom stereocenters. The Kier molecular flexibility index (Phi) is 4.77. The molecule has 4 aromatic rings. The number of anilines is 1. The van der Waals surface area contributed by atoms with Crippen LogP contribution in [-0.4, -0.2) is 14.7 Å². The quantitative estimate of drug-likeness (QED) is 0.466. The highest BCUT2D eigenvalue weighted by Crippen LogP contribution is 2.42. The van der Waals surface area contributed by atoms with Crippen molar-refractivity contribution >= 4 is 23.0 Å². The first-order valence-electron chi connectivity index (χ1n) is 9.71. The smallest absolute Gasteiger partial charge is 0.174 e. The second-order valence-corrected chi connectivity index (χ2v) is 7.50. The highest BCUT2D eigenvalue weighted by Gasteiger charge is 2.42. The number of pyridine rings is 1. The van der Waals surface area contributed by atoms with Gasteiger partial charge in [-0.15, -0.1) is 0 Å². The molecule has 2 aromatic carbocycles. The molecule has 30 heavy (non-hydrogen) atoms. The fourth-order valence-corrected chi connectivity index (χ4v) is 4.36. The maximum Gasteiger partial charge on any atom is 0.174 e. The van der Waals surface area contributed by atoms with Gasteiger partial charge in [-0.2, -0.15) is 0 Å². The van der Waals surface area contributed by atoms with Gasteiger partial charge in [0.05, 0.1) is 11.7 Å². The average Bonchev–Trinajstić information content (AvgIpc) is 3.39. The molecule has 2 aromatic heterocycles. The summed E-state index contributed by atoms with van der Waals surface area (Å²) >= 11 is 5.75. The molecule has 5 rings (SSSR count). The van der Waals surface area contributed by atoms with Gasteiger partial charge < -0.3 is 14.8 Å². The summed E-state index contributed by atoms with van der Waals surface area (Å²) in [4.78, 5) is 6.69. The second-order valence-electron chi connectivity index (χ2n) is 7.12. The number of hydrogen-bond donors (Lipinski definition) is 1. The van der Waals surface area contributed by atoms with Crippen LogP contribution in [0.25, 0.3) is 5.69 Å². The third-order valence-electron chi connectivity index (χ3n) is 5.30. The molecule has 6 heteroatoms. The minimum Gasteiger partial charge on any atom is -0.351 e. The molecule has 2 atom stereocenters. The summed E-state index contributed by atoms with van der Waals surface area (Å²) in [5, 5.41) is 4.09. The van der Waals surface area contributed by atoms with Gasteiger partial charge in [0.25, 0.3) is 0 Å². The van der Waals surface area contributed by atoms with Gasteiger partial charge in [-0.05, 0) is 66.8 Å². The lowest BCUT2D eigenvalue weighted by atomic mass is 10.0. The van der Waals surface area contributed by atoms with Gasteiger partial charge in [-0.25, -0.2) is 4.39 Å². The van der Waals surface area contributed by atoms with Crippen LogP contribution in [0.2, 0.25) is 0 Å². The summed E-state index contributed by atoms with van der Waals surface area (Å²) < 4.78 is 16.0. The Labute approximate surface area is 179 Å². The standard InChI is InChI=1S/C24H19FN4S/c25-17-8-6-11-19(16-17)28-15-7-13-21(28)23-22(20-12-4-5-14-26-20)27-24(30)29(23)18-9-2-1-3-10-18/h1-16,22-23H,(H,27,30)/t22-,23+/m1/s1. The van der Waals surface area contributed by atoms with E-state index in [2.05, 4.69) is 21.3 Å². The van der Waals surface area contributed by atoms with Gasteiger partial charge in [-0.3, -0.25) is 4.98 Å². The third kappa shape index (κ3) is 3.25. The van der Waals surface area contributed by atoms with Crippen LogP contribution < -0.4 is 10.2 Å². The van der Waals surface area contributed by atoms with E-state index < -0.39 is 0 Å². The van der Waals surface area contributed by atoms with Crippen molar-refractivity contribution in [3.05, 3.63) is 115 Å². The van der Waals surface area contributed by atoms with E-state index >= 15 is 0 Å². The molecule has 0 amide bonds. The Balaban J connectivity index is 1.67. The third-order valence-corrected chi connectivity index (χ3v) is 5.62. The van der Waals surface area contributed by atoms with Crippen molar-refractivity contribution in [2.45, 2.75) is 12.1 Å². The average molecular weight is 415 g/mol. The summed E-state index contributed by atoms with van der Waals surface area (Å²) in [6.45, 7) is 0. The minimum absolute atomic E-state index is 0.152. The van der Waals surface area contributed by atoms with Crippen LogP contribution in [0.3, 0.4) is 0 Å². The van der Waals surface area contributed by atoms with Crippen LogP contribution in [-0.2, 0) is 0 Å². The number of halogens is 1. The van der Waals surface area contributed by atoms with Gasteiger partial charge in [0.2, 0.25) is 0 Å². The fourth-order valence-electron chi connectivity index (χ4n) is 4.02.